The number of para-hydroxylation sites is 1. The average Bonchev–Trinajstić information content (AvgIpc) is 3.28. The molecule has 0 unspecified atom stereocenters. The fraction of sp³-hybridized carbons (Fsp3) is 0.273. The summed E-state index contributed by atoms with van der Waals surface area (Å²) < 4.78 is 16.0. The molecule has 42 heavy (non-hydrogen) atoms. The Balaban J connectivity index is 0.00000484. The van der Waals surface area contributed by atoms with Gasteiger partial charge in [-0.3, -0.25) is 9.59 Å². The number of hydrogen-bond acceptors (Lipinski definition) is 4. The third kappa shape index (κ3) is 8.00. The van der Waals surface area contributed by atoms with E-state index in [1.54, 1.807) is 12.1 Å². The van der Waals surface area contributed by atoms with E-state index in [0.29, 0.717) is 28.1 Å². The SMILES string of the molecule is CC(C)c1c(C(=O)Nc2ccccc2)c(-c2ccccc2)c(-c2ccc(F)cc2)n1CC[C@@H](O)C[C@@H](O)CC(=O)O.[Zn]. The zero-order chi connectivity index (χ0) is 29.5. The molecule has 7 nitrogen and oxygen atoms in total. The molecule has 4 N–H and O–H groups in total. The molecule has 3 aromatic carbocycles. The van der Waals surface area contributed by atoms with Gasteiger partial charge in [-0.25, -0.2) is 4.39 Å². The second-order valence-electron chi connectivity index (χ2n) is 10.4. The van der Waals surface area contributed by atoms with Gasteiger partial charge >= 0.3 is 5.97 Å². The second-order valence-corrected chi connectivity index (χ2v) is 10.4. The van der Waals surface area contributed by atoms with Crippen molar-refractivity contribution in [3.63, 3.8) is 0 Å². The van der Waals surface area contributed by atoms with Crippen molar-refractivity contribution in [2.45, 2.75) is 57.8 Å². The van der Waals surface area contributed by atoms with Gasteiger partial charge < -0.3 is 25.2 Å². The molecular weight excluding hydrogens is 589 g/mol. The standard InChI is InChI=1S/C33H35FN2O5.Zn/c1-21(2)31-30(33(41)35-25-11-7-4-8-12-25)29(22-9-5-3-6-10-22)32(23-13-15-24(34)16-14-23)36(31)18-17-26(37)19-27(38)20-28(39)40;/h3-16,21,26-27,37-38H,17-20H2,1-2H3,(H,35,41)(H,39,40);/t26-,27-;/m1./s1. The molecule has 216 valence electrons. The summed E-state index contributed by atoms with van der Waals surface area (Å²) in [5.74, 6) is -1.93. The van der Waals surface area contributed by atoms with E-state index < -0.39 is 24.6 Å². The van der Waals surface area contributed by atoms with Gasteiger partial charge in [-0.1, -0.05) is 62.4 Å². The number of rotatable bonds is 12. The van der Waals surface area contributed by atoms with Crippen molar-refractivity contribution in [2.24, 2.45) is 0 Å². The number of aliphatic hydroxyl groups is 2. The third-order valence-corrected chi connectivity index (χ3v) is 6.93. The summed E-state index contributed by atoms with van der Waals surface area (Å²) in [7, 11) is 0. The van der Waals surface area contributed by atoms with Crippen molar-refractivity contribution in [2.75, 3.05) is 5.32 Å². The normalized spacial score (nSPS) is 12.4. The second kappa shape index (κ2) is 15.0. The van der Waals surface area contributed by atoms with Crippen molar-refractivity contribution in [1.29, 1.82) is 0 Å². The van der Waals surface area contributed by atoms with E-state index in [1.165, 1.54) is 12.1 Å². The smallest absolute Gasteiger partial charge is 0.305 e. The third-order valence-electron chi connectivity index (χ3n) is 6.93. The molecule has 1 amide bonds. The maximum absolute atomic E-state index is 14.0. The van der Waals surface area contributed by atoms with Gasteiger partial charge in [0, 0.05) is 43.0 Å². The zero-order valence-electron chi connectivity index (χ0n) is 23.8. The minimum atomic E-state index is -1.18. The molecule has 1 heterocycles. The van der Waals surface area contributed by atoms with Crippen LogP contribution in [0, 0.1) is 5.82 Å². The molecule has 2 atom stereocenters. The van der Waals surface area contributed by atoms with Crippen LogP contribution in [0.15, 0.2) is 84.9 Å². The molecule has 0 aliphatic rings. The molecule has 0 radical (unpaired) electrons. The molecule has 0 bridgehead atoms. The van der Waals surface area contributed by atoms with Crippen molar-refractivity contribution in [1.82, 2.24) is 4.57 Å². The van der Waals surface area contributed by atoms with Crippen LogP contribution in [0.2, 0.25) is 0 Å². The Bertz CT molecular complexity index is 1470. The molecule has 0 spiro atoms. The van der Waals surface area contributed by atoms with Crippen molar-refractivity contribution in [3.8, 4) is 22.4 Å². The first kappa shape index (κ1) is 32.9. The summed E-state index contributed by atoms with van der Waals surface area (Å²) in [5, 5.41) is 32.8. The maximum Gasteiger partial charge on any atom is 0.305 e. The Kier molecular flexibility index (Phi) is 11.7. The molecule has 9 heteroatoms. The van der Waals surface area contributed by atoms with Crippen LogP contribution >= 0.6 is 0 Å². The minimum absolute atomic E-state index is 0. The number of amides is 1. The summed E-state index contributed by atoms with van der Waals surface area (Å²) in [5.41, 5.74) is 4.77. The largest absolute Gasteiger partial charge is 0.481 e. The number of aliphatic carboxylic acids is 1. The summed E-state index contributed by atoms with van der Waals surface area (Å²) in [6.45, 7) is 4.25. The number of nitrogens with zero attached hydrogens (tertiary/aromatic N) is 1. The number of carbonyl (C=O) groups is 2. The summed E-state index contributed by atoms with van der Waals surface area (Å²) in [6, 6.07) is 24.8. The van der Waals surface area contributed by atoms with Gasteiger partial charge in [0.15, 0.2) is 0 Å². The predicted molar refractivity (Wildman–Crippen MR) is 157 cm³/mol. The summed E-state index contributed by atoms with van der Waals surface area (Å²) >= 11 is 0. The molecule has 4 rings (SSSR count). The van der Waals surface area contributed by atoms with Crippen LogP contribution in [0.1, 0.15) is 55.1 Å². The zero-order valence-corrected chi connectivity index (χ0v) is 26.8. The van der Waals surface area contributed by atoms with Gasteiger partial charge in [-0.05, 0) is 66.3 Å². The van der Waals surface area contributed by atoms with E-state index in [9.17, 15) is 24.2 Å². The molecule has 0 aliphatic carbocycles. The van der Waals surface area contributed by atoms with E-state index in [-0.39, 0.29) is 56.5 Å². The summed E-state index contributed by atoms with van der Waals surface area (Å²) in [6.07, 6.45) is -2.51. The Morgan fingerprint density at radius 2 is 1.45 bits per heavy atom. The molecule has 0 fully saturated rings. The number of benzene rings is 3. The summed E-state index contributed by atoms with van der Waals surface area (Å²) in [4.78, 5) is 25.0. The van der Waals surface area contributed by atoms with Crippen LogP contribution in [0.4, 0.5) is 10.1 Å². The monoisotopic (exact) mass is 622 g/mol. The molecular formula is C33H35FN2O5Zn. The van der Waals surface area contributed by atoms with Crippen molar-refractivity contribution in [3.05, 3.63) is 102 Å². The Morgan fingerprint density at radius 1 is 0.857 bits per heavy atom. The molecule has 1 aromatic heterocycles. The topological polar surface area (TPSA) is 112 Å². The first-order valence-electron chi connectivity index (χ1n) is 13.7. The number of carboxylic acids is 1. The van der Waals surface area contributed by atoms with Crippen molar-refractivity contribution >= 4 is 17.6 Å². The fourth-order valence-corrected chi connectivity index (χ4v) is 5.20. The fourth-order valence-electron chi connectivity index (χ4n) is 5.20. The maximum atomic E-state index is 14.0. The number of carbonyl (C=O) groups excluding carboxylic acids is 1. The Hall–Kier alpha value is -3.65. The van der Waals surface area contributed by atoms with Crippen LogP contribution in [0.25, 0.3) is 22.4 Å². The quantitative estimate of drug-likeness (QED) is 0.138. The number of aliphatic hydroxyl groups excluding tert-OH is 2. The molecule has 4 aromatic rings. The van der Waals surface area contributed by atoms with Gasteiger partial charge in [-0.15, -0.1) is 0 Å². The van der Waals surface area contributed by atoms with Crippen LogP contribution in [0.5, 0.6) is 0 Å². The average molecular weight is 624 g/mol. The van der Waals surface area contributed by atoms with Crippen LogP contribution in [0.3, 0.4) is 0 Å². The first-order valence-corrected chi connectivity index (χ1v) is 13.7. The van der Waals surface area contributed by atoms with Gasteiger partial charge in [0.2, 0.25) is 0 Å². The number of halogens is 1. The van der Waals surface area contributed by atoms with E-state index >= 15 is 0 Å². The van der Waals surface area contributed by atoms with E-state index in [4.69, 9.17) is 5.11 Å². The van der Waals surface area contributed by atoms with Gasteiger partial charge in [-0.2, -0.15) is 0 Å². The molecule has 0 saturated carbocycles. The molecule has 0 aliphatic heterocycles. The Labute approximate surface area is 257 Å². The van der Waals surface area contributed by atoms with Crippen LogP contribution in [-0.2, 0) is 30.8 Å². The van der Waals surface area contributed by atoms with Crippen LogP contribution < -0.4 is 5.32 Å². The number of nitrogens with one attached hydrogen (secondary N) is 1. The van der Waals surface area contributed by atoms with Crippen molar-refractivity contribution < 1.29 is 48.8 Å². The number of hydrogen-bond donors (Lipinski definition) is 4. The van der Waals surface area contributed by atoms with E-state index in [2.05, 4.69) is 5.32 Å². The number of carboxylic acid groups (broad SMARTS) is 1. The number of aromatic nitrogens is 1. The van der Waals surface area contributed by atoms with E-state index in [0.717, 1.165) is 11.3 Å². The minimum Gasteiger partial charge on any atom is -0.481 e. The van der Waals surface area contributed by atoms with Gasteiger partial charge in [0.05, 0.1) is 29.9 Å². The van der Waals surface area contributed by atoms with E-state index in [1.807, 2.05) is 79.1 Å². The van der Waals surface area contributed by atoms with Gasteiger partial charge in [0.25, 0.3) is 5.91 Å². The van der Waals surface area contributed by atoms with Gasteiger partial charge in [0.1, 0.15) is 5.82 Å². The molecule has 0 saturated heterocycles. The number of anilines is 1. The Morgan fingerprint density at radius 3 is 2.02 bits per heavy atom. The predicted octanol–water partition coefficient (Wildman–Crippen LogP) is 6.31. The van der Waals surface area contributed by atoms with Crippen LogP contribution in [-0.4, -0.2) is 44.0 Å². The first-order chi connectivity index (χ1) is 19.7.